The Bertz CT molecular complexity index is 1460. The van der Waals surface area contributed by atoms with E-state index in [0.29, 0.717) is 22.7 Å². The maximum absolute atomic E-state index is 13.3. The molecule has 204 valence electrons. The van der Waals surface area contributed by atoms with Crippen LogP contribution in [0.15, 0.2) is 47.4 Å². The Morgan fingerprint density at radius 3 is 2.39 bits per heavy atom. The second kappa shape index (κ2) is 11.1. The summed E-state index contributed by atoms with van der Waals surface area (Å²) in [7, 11) is -4.26. The Balaban J connectivity index is 2.21. The number of hydrogen-bond acceptors (Lipinski definition) is 7. The van der Waals surface area contributed by atoms with Gasteiger partial charge in [0.05, 0.1) is 10.6 Å². The molecular weight excluding hydrogens is 534 g/mol. The summed E-state index contributed by atoms with van der Waals surface area (Å²) >= 11 is 6.04. The summed E-state index contributed by atoms with van der Waals surface area (Å²) in [6.45, 7) is 10.3. The molecule has 2 aromatic carbocycles. The molecule has 1 aromatic heterocycles. The Labute approximate surface area is 226 Å². The summed E-state index contributed by atoms with van der Waals surface area (Å²) in [5.74, 6) is -0.553. The van der Waals surface area contributed by atoms with E-state index in [1.54, 1.807) is 52.0 Å². The summed E-state index contributed by atoms with van der Waals surface area (Å²) in [4.78, 5) is 23.3. The summed E-state index contributed by atoms with van der Waals surface area (Å²) in [6, 6.07) is 9.74. The first-order valence-corrected chi connectivity index (χ1v) is 13.7. The third-order valence-corrected chi connectivity index (χ3v) is 7.45. The zero-order chi connectivity index (χ0) is 28.4. The SMILES string of the molecule is CC[C@H](C)NC(=O)c1nn(-c2ccc(Cl)cc2)c(Oc2ccc([N+](=O)[O-])cc2S(=O)(=O)NC(C)(C)C)c1C. The van der Waals surface area contributed by atoms with Gasteiger partial charge in [0.15, 0.2) is 5.69 Å². The molecule has 0 spiro atoms. The van der Waals surface area contributed by atoms with Gasteiger partial charge in [-0.2, -0.15) is 9.78 Å². The van der Waals surface area contributed by atoms with Crippen molar-refractivity contribution in [2.24, 2.45) is 0 Å². The Morgan fingerprint density at radius 2 is 1.84 bits per heavy atom. The number of amides is 1. The molecule has 0 saturated heterocycles. The number of nitro benzene ring substituents is 1. The molecule has 0 unspecified atom stereocenters. The van der Waals surface area contributed by atoms with Crippen molar-refractivity contribution >= 4 is 33.2 Å². The zero-order valence-corrected chi connectivity index (χ0v) is 23.5. The number of nitrogens with one attached hydrogen (secondary N) is 2. The smallest absolute Gasteiger partial charge is 0.272 e. The van der Waals surface area contributed by atoms with Gasteiger partial charge in [-0.15, -0.1) is 0 Å². The van der Waals surface area contributed by atoms with Crippen molar-refractivity contribution < 1.29 is 22.9 Å². The molecule has 0 fully saturated rings. The summed E-state index contributed by atoms with van der Waals surface area (Å²) in [6.07, 6.45) is 0.705. The Morgan fingerprint density at radius 1 is 1.21 bits per heavy atom. The van der Waals surface area contributed by atoms with Gasteiger partial charge in [0.1, 0.15) is 10.6 Å². The highest BCUT2D eigenvalue weighted by molar-refractivity contribution is 7.89. The lowest BCUT2D eigenvalue weighted by atomic mass is 10.1. The molecule has 1 heterocycles. The number of benzene rings is 2. The Hall–Kier alpha value is -3.48. The van der Waals surface area contributed by atoms with Crippen molar-refractivity contribution in [3.05, 3.63) is 68.9 Å². The molecule has 0 bridgehead atoms. The van der Waals surface area contributed by atoms with Crippen molar-refractivity contribution in [1.29, 1.82) is 0 Å². The molecular formula is C25H30ClN5O6S. The first kappa shape index (κ1) is 29.1. The number of nitro groups is 1. The zero-order valence-electron chi connectivity index (χ0n) is 21.9. The van der Waals surface area contributed by atoms with E-state index in [0.717, 1.165) is 12.1 Å². The van der Waals surface area contributed by atoms with E-state index in [4.69, 9.17) is 16.3 Å². The van der Waals surface area contributed by atoms with Gasteiger partial charge < -0.3 is 10.1 Å². The molecule has 13 heteroatoms. The van der Waals surface area contributed by atoms with Gasteiger partial charge in [0.25, 0.3) is 11.6 Å². The molecule has 1 atom stereocenters. The van der Waals surface area contributed by atoms with Crippen LogP contribution < -0.4 is 14.8 Å². The minimum absolute atomic E-state index is 0.0580. The number of halogens is 1. The monoisotopic (exact) mass is 563 g/mol. The molecule has 38 heavy (non-hydrogen) atoms. The predicted octanol–water partition coefficient (Wildman–Crippen LogP) is 5.14. The fourth-order valence-electron chi connectivity index (χ4n) is 3.43. The number of carbonyl (C=O) groups is 1. The quantitative estimate of drug-likeness (QED) is 0.271. The van der Waals surface area contributed by atoms with Crippen LogP contribution >= 0.6 is 11.6 Å². The third-order valence-electron chi connectivity index (χ3n) is 5.42. The molecule has 0 aliphatic rings. The van der Waals surface area contributed by atoms with Crippen molar-refractivity contribution in [3.63, 3.8) is 0 Å². The lowest BCUT2D eigenvalue weighted by Gasteiger charge is -2.21. The van der Waals surface area contributed by atoms with Crippen LogP contribution in [-0.4, -0.2) is 40.6 Å². The third kappa shape index (κ3) is 6.69. The minimum Gasteiger partial charge on any atom is -0.437 e. The first-order chi connectivity index (χ1) is 17.6. The van der Waals surface area contributed by atoms with Crippen LogP contribution in [0.4, 0.5) is 5.69 Å². The van der Waals surface area contributed by atoms with Crippen LogP contribution in [0.1, 0.15) is 57.1 Å². The average Bonchev–Trinajstić information content (AvgIpc) is 3.14. The van der Waals surface area contributed by atoms with E-state index in [1.807, 2.05) is 13.8 Å². The van der Waals surface area contributed by atoms with Gasteiger partial charge in [-0.3, -0.25) is 14.9 Å². The highest BCUT2D eigenvalue weighted by Gasteiger charge is 2.30. The molecule has 3 rings (SSSR count). The molecule has 0 radical (unpaired) electrons. The summed E-state index contributed by atoms with van der Waals surface area (Å²) < 4.78 is 36.5. The van der Waals surface area contributed by atoms with E-state index < -0.39 is 37.0 Å². The van der Waals surface area contributed by atoms with E-state index >= 15 is 0 Å². The van der Waals surface area contributed by atoms with Crippen LogP contribution in [-0.2, 0) is 10.0 Å². The molecule has 0 saturated carbocycles. The number of rotatable bonds is 9. The molecule has 2 N–H and O–H groups in total. The highest BCUT2D eigenvalue weighted by Crippen LogP contribution is 2.36. The van der Waals surface area contributed by atoms with E-state index in [1.165, 1.54) is 10.7 Å². The number of non-ortho nitro benzene ring substituents is 1. The van der Waals surface area contributed by atoms with Gasteiger partial charge in [-0.1, -0.05) is 18.5 Å². The number of aromatic nitrogens is 2. The standard InChI is InChI=1S/C25H30ClN5O6S/c1-7-15(2)27-23(32)22-16(3)24(30(28-22)18-10-8-17(26)9-11-18)37-20-13-12-19(31(33)34)14-21(20)38(35,36)29-25(4,5)6/h8-15,29H,7H2,1-6H3,(H,27,32)/t15-/m0/s1. The average molecular weight is 564 g/mol. The summed E-state index contributed by atoms with van der Waals surface area (Å²) in [5, 5.41) is 19.2. The first-order valence-electron chi connectivity index (χ1n) is 11.8. The van der Waals surface area contributed by atoms with Gasteiger partial charge in [-0.25, -0.2) is 13.1 Å². The van der Waals surface area contributed by atoms with Gasteiger partial charge >= 0.3 is 0 Å². The van der Waals surface area contributed by atoms with Gasteiger partial charge in [0.2, 0.25) is 15.9 Å². The van der Waals surface area contributed by atoms with Crippen LogP contribution in [0.2, 0.25) is 5.02 Å². The van der Waals surface area contributed by atoms with Crippen LogP contribution in [0, 0.1) is 17.0 Å². The van der Waals surface area contributed by atoms with Crippen LogP contribution in [0.25, 0.3) is 5.69 Å². The number of ether oxygens (including phenoxy) is 1. The fraction of sp³-hybridized carbons (Fsp3) is 0.360. The highest BCUT2D eigenvalue weighted by atomic mass is 35.5. The fourth-order valence-corrected chi connectivity index (χ4v) is 5.13. The summed E-state index contributed by atoms with van der Waals surface area (Å²) in [5.41, 5.74) is -0.388. The number of nitrogens with zero attached hydrogens (tertiary/aromatic N) is 3. The van der Waals surface area contributed by atoms with Crippen LogP contribution in [0.5, 0.6) is 11.6 Å². The molecule has 1 amide bonds. The van der Waals surface area contributed by atoms with Crippen molar-refractivity contribution in [2.45, 2.75) is 64.4 Å². The molecule has 11 nitrogen and oxygen atoms in total. The number of sulfonamides is 1. The lowest BCUT2D eigenvalue weighted by molar-refractivity contribution is -0.385. The van der Waals surface area contributed by atoms with E-state index in [-0.39, 0.29) is 23.4 Å². The maximum Gasteiger partial charge on any atom is 0.272 e. The number of carbonyl (C=O) groups excluding carboxylic acids is 1. The molecule has 3 aromatic rings. The largest absolute Gasteiger partial charge is 0.437 e. The lowest BCUT2D eigenvalue weighted by Crippen LogP contribution is -2.40. The van der Waals surface area contributed by atoms with E-state index in [2.05, 4.69) is 15.1 Å². The van der Waals surface area contributed by atoms with E-state index in [9.17, 15) is 23.3 Å². The van der Waals surface area contributed by atoms with Gasteiger partial charge in [-0.05, 0) is 71.4 Å². The van der Waals surface area contributed by atoms with Crippen molar-refractivity contribution in [1.82, 2.24) is 19.8 Å². The normalized spacial score (nSPS) is 12.7. The van der Waals surface area contributed by atoms with Crippen molar-refractivity contribution in [3.8, 4) is 17.3 Å². The molecule has 0 aliphatic carbocycles. The van der Waals surface area contributed by atoms with Crippen molar-refractivity contribution in [2.75, 3.05) is 0 Å². The maximum atomic E-state index is 13.3. The second-order valence-corrected chi connectivity index (χ2v) is 11.9. The second-order valence-electron chi connectivity index (χ2n) is 9.80. The Kier molecular flexibility index (Phi) is 8.49. The van der Waals surface area contributed by atoms with Gasteiger partial charge in [0, 0.05) is 34.3 Å². The van der Waals surface area contributed by atoms with Crippen LogP contribution in [0.3, 0.4) is 0 Å². The number of hydrogen-bond donors (Lipinski definition) is 2. The molecule has 0 aliphatic heterocycles. The topological polar surface area (TPSA) is 145 Å². The minimum atomic E-state index is -4.26. The predicted molar refractivity (Wildman–Crippen MR) is 144 cm³/mol.